The van der Waals surface area contributed by atoms with Crippen LogP contribution >= 0.6 is 12.4 Å². The van der Waals surface area contributed by atoms with Crippen molar-refractivity contribution in [1.82, 2.24) is 4.90 Å². The van der Waals surface area contributed by atoms with Crippen LogP contribution in [-0.2, 0) is 4.79 Å². The molecule has 2 rings (SSSR count). The molecule has 0 aromatic heterocycles. The topological polar surface area (TPSA) is 67.6 Å². The zero-order chi connectivity index (χ0) is 16.2. The second kappa shape index (κ2) is 8.52. The summed E-state index contributed by atoms with van der Waals surface area (Å²) in [6, 6.07) is 7.65. The van der Waals surface area contributed by atoms with Gasteiger partial charge in [0, 0.05) is 37.3 Å². The Morgan fingerprint density at radius 1 is 1.48 bits per heavy atom. The molecule has 1 heterocycles. The van der Waals surface area contributed by atoms with Gasteiger partial charge in [-0.2, -0.15) is 0 Å². The number of carbonyl (C=O) groups excluding carboxylic acids is 1. The molecule has 1 fully saturated rings. The number of halogens is 1. The fraction of sp³-hybridized carbons (Fsp3) is 0.588. The molecule has 0 saturated carbocycles. The van der Waals surface area contributed by atoms with Crippen molar-refractivity contribution in [3.8, 4) is 5.75 Å². The highest BCUT2D eigenvalue weighted by molar-refractivity contribution is 5.91. The molecule has 23 heavy (non-hydrogen) atoms. The smallest absolute Gasteiger partial charge is 0.225 e. The number of nitrogens with one attached hydrogen (secondary N) is 1. The van der Waals surface area contributed by atoms with Crippen molar-refractivity contribution in [2.24, 2.45) is 11.1 Å². The number of rotatable bonds is 5. The summed E-state index contributed by atoms with van der Waals surface area (Å²) >= 11 is 0. The number of ether oxygens (including phenoxy) is 1. The van der Waals surface area contributed by atoms with Crippen LogP contribution in [0.3, 0.4) is 0 Å². The number of benzene rings is 1. The molecule has 6 heteroatoms. The molecule has 0 radical (unpaired) electrons. The molecule has 1 atom stereocenters. The summed E-state index contributed by atoms with van der Waals surface area (Å²) < 4.78 is 5.15. The van der Waals surface area contributed by atoms with Gasteiger partial charge in [0.25, 0.3) is 0 Å². The van der Waals surface area contributed by atoms with Crippen molar-refractivity contribution in [1.29, 1.82) is 0 Å². The zero-order valence-electron chi connectivity index (χ0n) is 14.2. The van der Waals surface area contributed by atoms with Gasteiger partial charge in [0.05, 0.1) is 7.11 Å². The van der Waals surface area contributed by atoms with Gasteiger partial charge in [0.15, 0.2) is 0 Å². The standard InChI is InChI=1S/C17H27N3O2.ClH/c1-17(2)12-20(9-7-15(17)18)10-8-16(21)19-13-5-4-6-14(11-13)22-3;/h4-6,11,15H,7-10,12,18H2,1-3H3,(H,19,21);1H. The Morgan fingerprint density at radius 2 is 2.22 bits per heavy atom. The zero-order valence-corrected chi connectivity index (χ0v) is 15.0. The lowest BCUT2D eigenvalue weighted by Gasteiger charge is -2.42. The SMILES string of the molecule is COc1cccc(NC(=O)CCN2CCC(N)C(C)(C)C2)c1.Cl. The molecule has 1 aliphatic heterocycles. The maximum absolute atomic E-state index is 12.1. The summed E-state index contributed by atoms with van der Waals surface area (Å²) in [4.78, 5) is 14.4. The van der Waals surface area contributed by atoms with Gasteiger partial charge in [-0.3, -0.25) is 4.79 Å². The average molecular weight is 342 g/mol. The number of piperidine rings is 1. The van der Waals surface area contributed by atoms with E-state index in [4.69, 9.17) is 10.5 Å². The van der Waals surface area contributed by atoms with Crippen LogP contribution in [0.4, 0.5) is 5.69 Å². The third-order valence-electron chi connectivity index (χ3n) is 4.40. The van der Waals surface area contributed by atoms with Crippen LogP contribution in [0.1, 0.15) is 26.7 Å². The van der Waals surface area contributed by atoms with Gasteiger partial charge in [0.1, 0.15) is 5.75 Å². The Labute approximate surface area is 145 Å². The Hall–Kier alpha value is -1.30. The van der Waals surface area contributed by atoms with Crippen LogP contribution < -0.4 is 15.8 Å². The third kappa shape index (κ3) is 5.68. The molecule has 1 saturated heterocycles. The molecular formula is C17H28ClN3O2. The molecule has 0 bridgehead atoms. The third-order valence-corrected chi connectivity index (χ3v) is 4.40. The Balaban J connectivity index is 0.00000264. The maximum atomic E-state index is 12.1. The molecule has 1 unspecified atom stereocenters. The first kappa shape index (κ1) is 19.7. The number of nitrogens with zero attached hydrogens (tertiary/aromatic N) is 1. The number of hydrogen-bond donors (Lipinski definition) is 2. The number of amides is 1. The van der Waals surface area contributed by atoms with Crippen molar-refractivity contribution in [2.45, 2.75) is 32.7 Å². The van der Waals surface area contributed by atoms with E-state index in [9.17, 15) is 4.79 Å². The summed E-state index contributed by atoms with van der Waals surface area (Å²) in [5.41, 5.74) is 7.02. The van der Waals surface area contributed by atoms with Gasteiger partial charge in [-0.05, 0) is 30.5 Å². The van der Waals surface area contributed by atoms with Gasteiger partial charge in [-0.25, -0.2) is 0 Å². The summed E-state index contributed by atoms with van der Waals surface area (Å²) in [5.74, 6) is 0.769. The van der Waals surface area contributed by atoms with E-state index in [1.807, 2.05) is 24.3 Å². The second-order valence-corrected chi connectivity index (χ2v) is 6.69. The molecule has 3 N–H and O–H groups in total. The number of anilines is 1. The largest absolute Gasteiger partial charge is 0.497 e. The van der Waals surface area contributed by atoms with E-state index in [2.05, 4.69) is 24.1 Å². The van der Waals surface area contributed by atoms with Crippen molar-refractivity contribution in [3.63, 3.8) is 0 Å². The lowest BCUT2D eigenvalue weighted by molar-refractivity contribution is -0.116. The highest BCUT2D eigenvalue weighted by atomic mass is 35.5. The van der Waals surface area contributed by atoms with E-state index in [1.54, 1.807) is 7.11 Å². The molecule has 1 aromatic carbocycles. The normalized spacial score (nSPS) is 20.4. The van der Waals surface area contributed by atoms with Gasteiger partial charge >= 0.3 is 0 Å². The first-order chi connectivity index (χ1) is 10.4. The minimum atomic E-state index is 0. The number of likely N-dealkylation sites (tertiary alicyclic amines) is 1. The first-order valence-corrected chi connectivity index (χ1v) is 7.82. The fourth-order valence-electron chi connectivity index (χ4n) is 2.86. The van der Waals surface area contributed by atoms with Crippen molar-refractivity contribution in [3.05, 3.63) is 24.3 Å². The molecule has 130 valence electrons. The van der Waals surface area contributed by atoms with Gasteiger partial charge in [-0.15, -0.1) is 12.4 Å². The van der Waals surface area contributed by atoms with Crippen LogP contribution in [0.25, 0.3) is 0 Å². The van der Waals surface area contributed by atoms with Gasteiger partial charge in [0.2, 0.25) is 5.91 Å². The first-order valence-electron chi connectivity index (χ1n) is 7.82. The van der Waals surface area contributed by atoms with Crippen molar-refractivity contribution in [2.75, 3.05) is 32.1 Å². The van der Waals surface area contributed by atoms with Crippen LogP contribution in [0.15, 0.2) is 24.3 Å². The summed E-state index contributed by atoms with van der Waals surface area (Å²) in [6.45, 7) is 7.07. The quantitative estimate of drug-likeness (QED) is 0.863. The molecular weight excluding hydrogens is 314 g/mol. The molecule has 1 aliphatic rings. The second-order valence-electron chi connectivity index (χ2n) is 6.69. The molecule has 1 aromatic rings. The van der Waals surface area contributed by atoms with Gasteiger partial charge in [-0.1, -0.05) is 19.9 Å². The monoisotopic (exact) mass is 341 g/mol. The van der Waals surface area contributed by atoms with Crippen LogP contribution in [0, 0.1) is 5.41 Å². The number of methoxy groups -OCH3 is 1. The molecule has 1 amide bonds. The van der Waals surface area contributed by atoms with Crippen LogP contribution in [0.5, 0.6) is 5.75 Å². The van der Waals surface area contributed by atoms with Crippen LogP contribution in [-0.4, -0.2) is 43.6 Å². The van der Waals surface area contributed by atoms with Crippen LogP contribution in [0.2, 0.25) is 0 Å². The van der Waals surface area contributed by atoms with E-state index in [1.165, 1.54) is 0 Å². The predicted octanol–water partition coefficient (Wildman–Crippen LogP) is 2.50. The molecule has 0 aliphatic carbocycles. The minimum Gasteiger partial charge on any atom is -0.497 e. The average Bonchev–Trinajstić information content (AvgIpc) is 2.48. The molecule has 0 spiro atoms. The molecule has 5 nitrogen and oxygen atoms in total. The fourth-order valence-corrected chi connectivity index (χ4v) is 2.86. The highest BCUT2D eigenvalue weighted by Crippen LogP contribution is 2.27. The predicted molar refractivity (Wildman–Crippen MR) is 96.3 cm³/mol. The number of carbonyl (C=O) groups is 1. The minimum absolute atomic E-state index is 0. The lowest BCUT2D eigenvalue weighted by Crippen LogP contribution is -2.52. The summed E-state index contributed by atoms with van der Waals surface area (Å²) in [7, 11) is 1.61. The number of hydrogen-bond acceptors (Lipinski definition) is 4. The maximum Gasteiger partial charge on any atom is 0.225 e. The van der Waals surface area contributed by atoms with Crippen molar-refractivity contribution >= 4 is 24.0 Å². The van der Waals surface area contributed by atoms with E-state index < -0.39 is 0 Å². The highest BCUT2D eigenvalue weighted by Gasteiger charge is 2.33. The summed E-state index contributed by atoms with van der Waals surface area (Å²) in [5, 5.41) is 2.92. The van der Waals surface area contributed by atoms with E-state index in [-0.39, 0.29) is 29.8 Å². The van der Waals surface area contributed by atoms with Crippen molar-refractivity contribution < 1.29 is 9.53 Å². The Kier molecular flexibility index (Phi) is 7.32. The van der Waals surface area contributed by atoms with E-state index in [0.29, 0.717) is 6.42 Å². The lowest BCUT2D eigenvalue weighted by atomic mass is 9.80. The van der Waals surface area contributed by atoms with Gasteiger partial charge < -0.3 is 20.7 Å². The Morgan fingerprint density at radius 3 is 2.87 bits per heavy atom. The number of nitrogens with two attached hydrogens (primary N) is 1. The van der Waals surface area contributed by atoms with E-state index in [0.717, 1.165) is 37.5 Å². The Bertz CT molecular complexity index is 522. The van der Waals surface area contributed by atoms with E-state index >= 15 is 0 Å². The summed E-state index contributed by atoms with van der Waals surface area (Å²) in [6.07, 6.45) is 1.48.